The Balaban J connectivity index is 2.06. The van der Waals surface area contributed by atoms with E-state index in [1.54, 1.807) is 23.9 Å². The summed E-state index contributed by atoms with van der Waals surface area (Å²) in [5.41, 5.74) is 2.87. The number of benzene rings is 2. The molecule has 4 heteroatoms. The molecule has 0 saturated carbocycles. The molecule has 2 nitrogen and oxygen atoms in total. The summed E-state index contributed by atoms with van der Waals surface area (Å²) in [5.74, 6) is 0.459. The van der Waals surface area contributed by atoms with E-state index in [0.717, 1.165) is 10.6 Å². The van der Waals surface area contributed by atoms with Crippen molar-refractivity contribution in [3.63, 3.8) is 0 Å². The van der Waals surface area contributed by atoms with Gasteiger partial charge >= 0.3 is 5.97 Å². The van der Waals surface area contributed by atoms with Gasteiger partial charge in [0.25, 0.3) is 0 Å². The van der Waals surface area contributed by atoms with E-state index in [4.69, 9.17) is 5.11 Å². The van der Waals surface area contributed by atoms with Crippen molar-refractivity contribution in [1.82, 2.24) is 0 Å². The second-order valence-corrected chi connectivity index (χ2v) is 7.03. The summed E-state index contributed by atoms with van der Waals surface area (Å²) in [4.78, 5) is 12.1. The van der Waals surface area contributed by atoms with Gasteiger partial charge in [0.2, 0.25) is 0 Å². The molecule has 2 aromatic carbocycles. The molecular formula is C17H17BrO2S. The highest BCUT2D eigenvalue weighted by Crippen LogP contribution is 2.28. The van der Waals surface area contributed by atoms with Gasteiger partial charge in [-0.15, -0.1) is 11.8 Å². The van der Waals surface area contributed by atoms with Crippen molar-refractivity contribution in [3.05, 3.63) is 63.6 Å². The molecule has 0 aliphatic rings. The van der Waals surface area contributed by atoms with Crippen LogP contribution in [0.3, 0.4) is 0 Å². The number of hydrogen-bond acceptors (Lipinski definition) is 2. The van der Waals surface area contributed by atoms with Crippen molar-refractivity contribution in [2.45, 2.75) is 30.4 Å². The first-order valence-electron chi connectivity index (χ1n) is 6.72. The first kappa shape index (κ1) is 16.1. The van der Waals surface area contributed by atoms with Crippen LogP contribution in [-0.2, 0) is 5.75 Å². The van der Waals surface area contributed by atoms with Gasteiger partial charge in [-0.2, -0.15) is 0 Å². The molecule has 0 fully saturated rings. The van der Waals surface area contributed by atoms with Gasteiger partial charge < -0.3 is 5.11 Å². The standard InChI is InChI=1S/C17H17BrO2S/c1-11(2)13-5-3-12(4-6-13)10-21-14-7-8-16(18)15(9-14)17(19)20/h3-9,11H,10H2,1-2H3,(H,19,20). The number of rotatable bonds is 5. The molecule has 1 N–H and O–H groups in total. The summed E-state index contributed by atoms with van der Waals surface area (Å²) in [6, 6.07) is 14.0. The van der Waals surface area contributed by atoms with E-state index in [1.165, 1.54) is 11.1 Å². The molecular weight excluding hydrogens is 348 g/mol. The molecule has 0 bridgehead atoms. The Hall–Kier alpha value is -1.26. The van der Waals surface area contributed by atoms with Crippen LogP contribution in [-0.4, -0.2) is 11.1 Å². The Bertz CT molecular complexity index is 636. The van der Waals surface area contributed by atoms with Gasteiger partial charge in [0.1, 0.15) is 0 Å². The van der Waals surface area contributed by atoms with Crippen LogP contribution in [0.15, 0.2) is 51.8 Å². The average Bonchev–Trinajstić information content (AvgIpc) is 2.46. The lowest BCUT2D eigenvalue weighted by atomic mass is 10.0. The van der Waals surface area contributed by atoms with E-state index in [-0.39, 0.29) is 0 Å². The van der Waals surface area contributed by atoms with Gasteiger partial charge in [0.15, 0.2) is 0 Å². The van der Waals surface area contributed by atoms with Crippen LogP contribution < -0.4 is 0 Å². The number of aromatic carboxylic acids is 1. The first-order chi connectivity index (χ1) is 9.97. The maximum Gasteiger partial charge on any atom is 0.336 e. The molecule has 0 saturated heterocycles. The SMILES string of the molecule is CC(C)c1ccc(CSc2ccc(Br)c(C(=O)O)c2)cc1. The molecule has 2 aromatic rings. The molecule has 2 rings (SSSR count). The lowest BCUT2D eigenvalue weighted by molar-refractivity contribution is 0.0695. The molecule has 0 unspecified atom stereocenters. The Morgan fingerprint density at radius 2 is 1.86 bits per heavy atom. The fourth-order valence-electron chi connectivity index (χ4n) is 1.92. The van der Waals surface area contributed by atoms with E-state index in [2.05, 4.69) is 54.0 Å². The molecule has 0 aliphatic heterocycles. The molecule has 0 aliphatic carbocycles. The normalized spacial score (nSPS) is 10.9. The number of carboxylic acids is 1. The van der Waals surface area contributed by atoms with Crippen LogP contribution in [0.2, 0.25) is 0 Å². The average molecular weight is 365 g/mol. The van der Waals surface area contributed by atoms with E-state index in [9.17, 15) is 4.79 Å². The smallest absolute Gasteiger partial charge is 0.336 e. The summed E-state index contributed by atoms with van der Waals surface area (Å²) >= 11 is 4.90. The highest BCUT2D eigenvalue weighted by molar-refractivity contribution is 9.10. The van der Waals surface area contributed by atoms with Crippen LogP contribution in [0.5, 0.6) is 0 Å². The molecule has 0 spiro atoms. The predicted molar refractivity (Wildman–Crippen MR) is 91.2 cm³/mol. The van der Waals surface area contributed by atoms with Crippen molar-refractivity contribution < 1.29 is 9.90 Å². The number of hydrogen-bond donors (Lipinski definition) is 1. The minimum Gasteiger partial charge on any atom is -0.478 e. The fraction of sp³-hybridized carbons (Fsp3) is 0.235. The van der Waals surface area contributed by atoms with Crippen molar-refractivity contribution in [1.29, 1.82) is 0 Å². The van der Waals surface area contributed by atoms with Gasteiger partial charge in [0, 0.05) is 15.1 Å². The van der Waals surface area contributed by atoms with Crippen LogP contribution in [0.25, 0.3) is 0 Å². The molecule has 0 atom stereocenters. The van der Waals surface area contributed by atoms with E-state index >= 15 is 0 Å². The quantitative estimate of drug-likeness (QED) is 0.705. The van der Waals surface area contributed by atoms with Gasteiger partial charge in [-0.3, -0.25) is 0 Å². The second-order valence-electron chi connectivity index (χ2n) is 5.13. The summed E-state index contributed by atoms with van der Waals surface area (Å²) < 4.78 is 0.612. The first-order valence-corrected chi connectivity index (χ1v) is 8.49. The largest absolute Gasteiger partial charge is 0.478 e. The van der Waals surface area contributed by atoms with Crippen LogP contribution in [0.1, 0.15) is 41.3 Å². The number of carbonyl (C=O) groups is 1. The lowest BCUT2D eigenvalue weighted by Crippen LogP contribution is -1.97. The third-order valence-corrected chi connectivity index (χ3v) is 4.98. The van der Waals surface area contributed by atoms with E-state index in [1.807, 2.05) is 6.07 Å². The summed E-state index contributed by atoms with van der Waals surface area (Å²) in [7, 11) is 0. The monoisotopic (exact) mass is 364 g/mol. The third-order valence-electron chi connectivity index (χ3n) is 3.22. The zero-order valence-corrected chi connectivity index (χ0v) is 14.4. The molecule has 0 aromatic heterocycles. The van der Waals surface area contributed by atoms with Gasteiger partial charge in [-0.1, -0.05) is 38.1 Å². The highest BCUT2D eigenvalue weighted by atomic mass is 79.9. The van der Waals surface area contributed by atoms with Crippen LogP contribution in [0, 0.1) is 0 Å². The fourth-order valence-corrected chi connectivity index (χ4v) is 3.23. The minimum absolute atomic E-state index is 0.301. The van der Waals surface area contributed by atoms with Gasteiger partial charge in [0.05, 0.1) is 5.56 Å². The van der Waals surface area contributed by atoms with E-state index in [0.29, 0.717) is 16.0 Å². The molecule has 0 radical (unpaired) electrons. The Morgan fingerprint density at radius 3 is 2.43 bits per heavy atom. The van der Waals surface area contributed by atoms with Crippen molar-refractivity contribution in [2.24, 2.45) is 0 Å². The zero-order chi connectivity index (χ0) is 15.4. The topological polar surface area (TPSA) is 37.3 Å². The number of carboxylic acid groups (broad SMARTS) is 1. The Morgan fingerprint density at radius 1 is 1.19 bits per heavy atom. The van der Waals surface area contributed by atoms with Crippen LogP contribution in [0.4, 0.5) is 0 Å². The van der Waals surface area contributed by atoms with Crippen LogP contribution >= 0.6 is 27.7 Å². The predicted octanol–water partition coefficient (Wildman–Crippen LogP) is 5.56. The van der Waals surface area contributed by atoms with Gasteiger partial charge in [-0.05, 0) is 51.2 Å². The molecule has 0 heterocycles. The van der Waals surface area contributed by atoms with Crippen molar-refractivity contribution >= 4 is 33.7 Å². The Labute approximate surface area is 137 Å². The Kier molecular flexibility index (Phi) is 5.48. The molecule has 110 valence electrons. The lowest BCUT2D eigenvalue weighted by Gasteiger charge is -2.08. The third kappa shape index (κ3) is 4.35. The summed E-state index contributed by atoms with van der Waals surface area (Å²) in [5, 5.41) is 9.12. The summed E-state index contributed by atoms with van der Waals surface area (Å²) in [6.07, 6.45) is 0. The maximum atomic E-state index is 11.1. The zero-order valence-electron chi connectivity index (χ0n) is 12.0. The molecule has 21 heavy (non-hydrogen) atoms. The van der Waals surface area contributed by atoms with Crippen molar-refractivity contribution in [3.8, 4) is 0 Å². The van der Waals surface area contributed by atoms with Gasteiger partial charge in [-0.25, -0.2) is 4.79 Å². The minimum atomic E-state index is -0.911. The van der Waals surface area contributed by atoms with E-state index < -0.39 is 5.97 Å². The summed E-state index contributed by atoms with van der Waals surface area (Å²) in [6.45, 7) is 4.36. The second kappa shape index (κ2) is 7.14. The maximum absolute atomic E-state index is 11.1. The highest BCUT2D eigenvalue weighted by Gasteiger charge is 2.09. The number of thioether (sulfide) groups is 1. The molecule has 0 amide bonds. The van der Waals surface area contributed by atoms with Crippen molar-refractivity contribution in [2.75, 3.05) is 0 Å². The number of halogens is 1.